The standard InChI is InChI=1S/C18H16F3N3O3S2/c19-18(20,21)14-6-1-4-12(10-14)16-22-17(27-23-16)13-5-2-8-24(11-13)29(25,26)15-7-3-9-28-15/h1,3-4,6-7,9-10,13H,2,5,8,11H2/t13-/m1/s1. The third-order valence-corrected chi connectivity index (χ3v) is 7.95. The van der Waals surface area contributed by atoms with Crippen molar-refractivity contribution in [1.29, 1.82) is 0 Å². The first-order valence-electron chi connectivity index (χ1n) is 8.80. The van der Waals surface area contributed by atoms with E-state index in [1.54, 1.807) is 17.5 Å². The Bertz CT molecular complexity index is 1100. The minimum Gasteiger partial charge on any atom is -0.339 e. The molecular formula is C18H16F3N3O3S2. The summed E-state index contributed by atoms with van der Waals surface area (Å²) < 4.78 is 71.2. The molecule has 0 aliphatic carbocycles. The molecule has 154 valence electrons. The number of aromatic nitrogens is 2. The maximum atomic E-state index is 12.9. The summed E-state index contributed by atoms with van der Waals surface area (Å²) in [5.41, 5.74) is -0.610. The second-order valence-corrected chi connectivity index (χ2v) is 9.78. The van der Waals surface area contributed by atoms with Gasteiger partial charge in [-0.3, -0.25) is 0 Å². The quantitative estimate of drug-likeness (QED) is 0.598. The molecule has 1 atom stereocenters. The average molecular weight is 443 g/mol. The van der Waals surface area contributed by atoms with Gasteiger partial charge in [0.05, 0.1) is 11.5 Å². The van der Waals surface area contributed by atoms with Crippen LogP contribution in [0.3, 0.4) is 0 Å². The first-order chi connectivity index (χ1) is 13.7. The van der Waals surface area contributed by atoms with Crippen LogP contribution in [0, 0.1) is 0 Å². The molecule has 6 nitrogen and oxygen atoms in total. The smallest absolute Gasteiger partial charge is 0.339 e. The van der Waals surface area contributed by atoms with Crippen molar-refractivity contribution in [3.8, 4) is 11.4 Å². The topological polar surface area (TPSA) is 76.3 Å². The van der Waals surface area contributed by atoms with Gasteiger partial charge in [0.25, 0.3) is 10.0 Å². The number of thiophene rings is 1. The van der Waals surface area contributed by atoms with Crippen LogP contribution in [0.25, 0.3) is 11.4 Å². The third-order valence-electron chi connectivity index (χ3n) is 4.71. The van der Waals surface area contributed by atoms with Gasteiger partial charge in [0, 0.05) is 18.7 Å². The highest BCUT2D eigenvalue weighted by Crippen LogP contribution is 2.34. The lowest BCUT2D eigenvalue weighted by molar-refractivity contribution is -0.137. The monoisotopic (exact) mass is 443 g/mol. The van der Waals surface area contributed by atoms with E-state index in [9.17, 15) is 21.6 Å². The predicted octanol–water partition coefficient (Wildman–Crippen LogP) is 4.39. The third kappa shape index (κ3) is 4.07. The zero-order chi connectivity index (χ0) is 20.6. The highest BCUT2D eigenvalue weighted by Gasteiger charge is 2.34. The van der Waals surface area contributed by atoms with Gasteiger partial charge in [-0.2, -0.15) is 22.5 Å². The second-order valence-electron chi connectivity index (χ2n) is 6.67. The molecule has 11 heteroatoms. The van der Waals surface area contributed by atoms with E-state index in [4.69, 9.17) is 4.52 Å². The van der Waals surface area contributed by atoms with Crippen LogP contribution in [-0.4, -0.2) is 36.0 Å². The molecule has 4 rings (SSSR count). The van der Waals surface area contributed by atoms with Crippen LogP contribution in [0.15, 0.2) is 50.5 Å². The van der Waals surface area contributed by atoms with Crippen molar-refractivity contribution >= 4 is 21.4 Å². The van der Waals surface area contributed by atoms with Crippen LogP contribution in [0.2, 0.25) is 0 Å². The number of halogens is 3. The van der Waals surface area contributed by atoms with Crippen LogP contribution >= 0.6 is 11.3 Å². The van der Waals surface area contributed by atoms with Gasteiger partial charge < -0.3 is 4.52 Å². The van der Waals surface area contributed by atoms with E-state index >= 15 is 0 Å². The number of benzene rings is 1. The Kier molecular flexibility index (Phi) is 5.21. The molecule has 1 aliphatic rings. The summed E-state index contributed by atoms with van der Waals surface area (Å²) in [6, 6.07) is 7.92. The van der Waals surface area contributed by atoms with Crippen molar-refractivity contribution in [2.75, 3.05) is 13.1 Å². The van der Waals surface area contributed by atoms with Crippen LogP contribution in [-0.2, 0) is 16.2 Å². The number of rotatable bonds is 4. The maximum Gasteiger partial charge on any atom is 0.416 e. The minimum atomic E-state index is -4.47. The zero-order valence-corrected chi connectivity index (χ0v) is 16.6. The Morgan fingerprint density at radius 2 is 2.03 bits per heavy atom. The summed E-state index contributed by atoms with van der Waals surface area (Å²) in [6.45, 7) is 0.579. The van der Waals surface area contributed by atoms with Gasteiger partial charge in [0.2, 0.25) is 11.7 Å². The summed E-state index contributed by atoms with van der Waals surface area (Å²) in [7, 11) is -3.59. The van der Waals surface area contributed by atoms with Crippen molar-refractivity contribution in [2.45, 2.75) is 29.1 Å². The molecule has 1 aliphatic heterocycles. The van der Waals surface area contributed by atoms with Crippen LogP contribution < -0.4 is 0 Å². The van der Waals surface area contributed by atoms with Crippen molar-refractivity contribution in [3.05, 3.63) is 53.2 Å². The summed E-state index contributed by atoms with van der Waals surface area (Å²) in [6.07, 6.45) is -3.19. The van der Waals surface area contributed by atoms with Gasteiger partial charge in [0.15, 0.2) is 0 Å². The van der Waals surface area contributed by atoms with Gasteiger partial charge in [-0.1, -0.05) is 23.4 Å². The molecule has 1 fully saturated rings. The van der Waals surface area contributed by atoms with Crippen LogP contribution in [0.1, 0.15) is 30.2 Å². The normalized spacial score (nSPS) is 18.8. The number of piperidine rings is 1. The van der Waals surface area contributed by atoms with Crippen molar-refractivity contribution in [3.63, 3.8) is 0 Å². The molecule has 1 aromatic carbocycles. The Labute approximate surface area is 169 Å². The molecular weight excluding hydrogens is 427 g/mol. The predicted molar refractivity (Wildman–Crippen MR) is 99.8 cm³/mol. The average Bonchev–Trinajstić information content (AvgIpc) is 3.40. The molecule has 0 saturated carbocycles. The summed E-state index contributed by atoms with van der Waals surface area (Å²) in [5, 5.41) is 5.50. The van der Waals surface area contributed by atoms with Crippen LogP contribution in [0.4, 0.5) is 13.2 Å². The molecule has 0 spiro atoms. The van der Waals surface area contributed by atoms with E-state index in [1.165, 1.54) is 16.4 Å². The molecule has 3 aromatic rings. The fourth-order valence-corrected chi connectivity index (χ4v) is 5.92. The molecule has 0 N–H and O–H groups in total. The second kappa shape index (κ2) is 7.54. The van der Waals surface area contributed by atoms with E-state index in [2.05, 4.69) is 10.1 Å². The summed E-state index contributed by atoms with van der Waals surface area (Å²) in [4.78, 5) is 4.24. The number of alkyl halides is 3. The van der Waals surface area contributed by atoms with E-state index in [-0.39, 0.29) is 34.0 Å². The molecule has 0 amide bonds. The maximum absolute atomic E-state index is 12.9. The SMILES string of the molecule is O=S(=O)(c1cccs1)N1CCC[C@@H](c2nc(-c3cccc(C(F)(F)F)c3)no2)C1. The molecule has 2 aromatic heterocycles. The fraction of sp³-hybridized carbons (Fsp3) is 0.333. The highest BCUT2D eigenvalue weighted by atomic mass is 32.2. The van der Waals surface area contributed by atoms with Crippen molar-refractivity contribution in [1.82, 2.24) is 14.4 Å². The Hall–Kier alpha value is -2.24. The highest BCUT2D eigenvalue weighted by molar-refractivity contribution is 7.91. The molecule has 3 heterocycles. The van der Waals surface area contributed by atoms with E-state index < -0.39 is 21.8 Å². The lowest BCUT2D eigenvalue weighted by Gasteiger charge is -2.29. The minimum absolute atomic E-state index is 0.0457. The van der Waals surface area contributed by atoms with Crippen LogP contribution in [0.5, 0.6) is 0 Å². The lowest BCUT2D eigenvalue weighted by Crippen LogP contribution is -2.38. The van der Waals surface area contributed by atoms with Gasteiger partial charge in [-0.15, -0.1) is 11.3 Å². The van der Waals surface area contributed by atoms with Gasteiger partial charge in [0.1, 0.15) is 4.21 Å². The van der Waals surface area contributed by atoms with Gasteiger partial charge in [-0.05, 0) is 36.4 Å². The van der Waals surface area contributed by atoms with E-state index in [1.807, 2.05) is 0 Å². The van der Waals surface area contributed by atoms with Crippen molar-refractivity contribution < 1.29 is 26.1 Å². The van der Waals surface area contributed by atoms with Gasteiger partial charge >= 0.3 is 6.18 Å². The van der Waals surface area contributed by atoms with Gasteiger partial charge in [-0.25, -0.2) is 8.42 Å². The molecule has 0 radical (unpaired) electrons. The zero-order valence-electron chi connectivity index (χ0n) is 15.0. The van der Waals surface area contributed by atoms with E-state index in [0.29, 0.717) is 19.4 Å². The molecule has 0 bridgehead atoms. The first kappa shape index (κ1) is 20.0. The largest absolute Gasteiger partial charge is 0.416 e. The summed E-state index contributed by atoms with van der Waals surface area (Å²) in [5.74, 6) is -0.0432. The Balaban J connectivity index is 1.56. The number of hydrogen-bond acceptors (Lipinski definition) is 6. The Morgan fingerprint density at radius 1 is 1.21 bits per heavy atom. The lowest BCUT2D eigenvalue weighted by atomic mass is 10.00. The molecule has 29 heavy (non-hydrogen) atoms. The number of sulfonamides is 1. The molecule has 0 unspecified atom stereocenters. The first-order valence-corrected chi connectivity index (χ1v) is 11.1. The fourth-order valence-electron chi connectivity index (χ4n) is 3.25. The van der Waals surface area contributed by atoms with Crippen molar-refractivity contribution in [2.24, 2.45) is 0 Å². The number of nitrogens with zero attached hydrogens (tertiary/aromatic N) is 3. The summed E-state index contributed by atoms with van der Waals surface area (Å²) >= 11 is 1.15. The van der Waals surface area contributed by atoms with E-state index in [0.717, 1.165) is 23.5 Å². The Morgan fingerprint density at radius 3 is 2.76 bits per heavy atom. The molecule has 1 saturated heterocycles. The number of hydrogen-bond donors (Lipinski definition) is 0.